The Morgan fingerprint density at radius 3 is 2.53 bits per heavy atom. The lowest BCUT2D eigenvalue weighted by Gasteiger charge is -2.04. The lowest BCUT2D eigenvalue weighted by atomic mass is 10.1. The van der Waals surface area contributed by atoms with Crippen LogP contribution in [0.3, 0.4) is 0 Å². The Labute approximate surface area is 113 Å². The molecule has 1 aromatic carbocycles. The van der Waals surface area contributed by atoms with Gasteiger partial charge in [-0.25, -0.2) is 0 Å². The van der Waals surface area contributed by atoms with Gasteiger partial charge in [0.1, 0.15) is 0 Å². The van der Waals surface area contributed by atoms with Crippen LogP contribution in [0.25, 0.3) is 0 Å². The van der Waals surface area contributed by atoms with Crippen LogP contribution in [0.4, 0.5) is 0 Å². The molecule has 104 valence electrons. The molecule has 0 atom stereocenters. The smallest absolute Gasteiger partial charge is 0.311 e. The van der Waals surface area contributed by atoms with E-state index in [0.29, 0.717) is 6.42 Å². The van der Waals surface area contributed by atoms with Crippen molar-refractivity contribution in [2.45, 2.75) is 45.4 Å². The number of carbonyl (C=O) groups excluding carboxylic acids is 1. The highest BCUT2D eigenvalue weighted by Crippen LogP contribution is 2.23. The molecular formula is C15H20O4. The van der Waals surface area contributed by atoms with E-state index < -0.39 is 0 Å². The molecule has 4 nitrogen and oxygen atoms in total. The van der Waals surface area contributed by atoms with Crippen molar-refractivity contribution in [1.82, 2.24) is 0 Å². The highest BCUT2D eigenvalue weighted by molar-refractivity contribution is 5.73. The van der Waals surface area contributed by atoms with E-state index in [1.54, 1.807) is 0 Å². The van der Waals surface area contributed by atoms with Gasteiger partial charge in [-0.05, 0) is 30.7 Å². The first kappa shape index (κ1) is 15.2. The van der Waals surface area contributed by atoms with Crippen molar-refractivity contribution < 1.29 is 14.6 Å². The van der Waals surface area contributed by atoms with Crippen molar-refractivity contribution in [3.8, 4) is 11.5 Å². The van der Waals surface area contributed by atoms with E-state index in [-0.39, 0.29) is 22.9 Å². The van der Waals surface area contributed by atoms with Crippen LogP contribution in [-0.2, 0) is 4.79 Å². The summed E-state index contributed by atoms with van der Waals surface area (Å²) >= 11 is 0. The van der Waals surface area contributed by atoms with E-state index in [9.17, 15) is 14.7 Å². The van der Waals surface area contributed by atoms with Gasteiger partial charge < -0.3 is 9.84 Å². The highest BCUT2D eigenvalue weighted by atomic mass is 16.5. The molecule has 0 heterocycles. The van der Waals surface area contributed by atoms with E-state index >= 15 is 0 Å². The predicted molar refractivity (Wildman–Crippen MR) is 73.4 cm³/mol. The molecule has 0 unspecified atom stereocenters. The fourth-order valence-electron chi connectivity index (χ4n) is 1.67. The van der Waals surface area contributed by atoms with Crippen LogP contribution in [0.15, 0.2) is 29.1 Å². The van der Waals surface area contributed by atoms with Crippen LogP contribution in [0.1, 0.15) is 45.4 Å². The van der Waals surface area contributed by atoms with E-state index in [1.165, 1.54) is 30.7 Å². The van der Waals surface area contributed by atoms with Gasteiger partial charge in [-0.15, -0.1) is 0 Å². The van der Waals surface area contributed by atoms with Gasteiger partial charge in [0.2, 0.25) is 0 Å². The van der Waals surface area contributed by atoms with Crippen LogP contribution >= 0.6 is 0 Å². The zero-order valence-electron chi connectivity index (χ0n) is 11.2. The Kier molecular flexibility index (Phi) is 6.64. The van der Waals surface area contributed by atoms with Gasteiger partial charge in [0.05, 0.1) is 0 Å². The maximum Gasteiger partial charge on any atom is 0.311 e. The van der Waals surface area contributed by atoms with E-state index in [2.05, 4.69) is 6.92 Å². The second-order valence-electron chi connectivity index (χ2n) is 4.46. The number of aromatic hydroxyl groups is 1. The Morgan fingerprint density at radius 1 is 1.11 bits per heavy atom. The molecular weight excluding hydrogens is 244 g/mol. The van der Waals surface area contributed by atoms with Crippen molar-refractivity contribution in [3.63, 3.8) is 0 Å². The summed E-state index contributed by atoms with van der Waals surface area (Å²) in [6.07, 6.45) is 5.57. The van der Waals surface area contributed by atoms with Crippen molar-refractivity contribution in [2.24, 2.45) is 0 Å². The summed E-state index contributed by atoms with van der Waals surface area (Å²) in [5.41, 5.74) is -0.253. The molecule has 1 rings (SSSR count). The zero-order chi connectivity index (χ0) is 14.1. The van der Waals surface area contributed by atoms with Crippen molar-refractivity contribution in [2.75, 3.05) is 0 Å². The number of rotatable bonds is 7. The summed E-state index contributed by atoms with van der Waals surface area (Å²) in [7, 11) is 0. The maximum atomic E-state index is 11.6. The van der Waals surface area contributed by atoms with Gasteiger partial charge in [0, 0.05) is 6.42 Å². The fourth-order valence-corrected chi connectivity index (χ4v) is 1.67. The molecule has 0 spiro atoms. The van der Waals surface area contributed by atoms with Gasteiger partial charge in [-0.1, -0.05) is 32.6 Å². The summed E-state index contributed by atoms with van der Waals surface area (Å²) in [5.74, 6) is -0.562. The van der Waals surface area contributed by atoms with Crippen LogP contribution < -0.4 is 10.2 Å². The minimum absolute atomic E-state index is 0.0284. The second kappa shape index (κ2) is 8.29. The van der Waals surface area contributed by atoms with Crippen molar-refractivity contribution >= 4 is 5.97 Å². The molecule has 1 aromatic rings. The molecule has 0 aliphatic heterocycles. The maximum absolute atomic E-state index is 11.6. The lowest BCUT2D eigenvalue weighted by Crippen LogP contribution is -2.07. The third-order valence-corrected chi connectivity index (χ3v) is 2.77. The molecule has 4 heteroatoms. The van der Waals surface area contributed by atoms with Crippen LogP contribution in [-0.4, -0.2) is 11.1 Å². The summed E-state index contributed by atoms with van der Waals surface area (Å²) in [4.78, 5) is 22.7. The average molecular weight is 264 g/mol. The Morgan fingerprint density at radius 2 is 1.79 bits per heavy atom. The van der Waals surface area contributed by atoms with Gasteiger partial charge in [0.25, 0.3) is 0 Å². The van der Waals surface area contributed by atoms with Crippen molar-refractivity contribution in [1.29, 1.82) is 0 Å². The molecule has 0 aromatic heterocycles. The van der Waals surface area contributed by atoms with Crippen LogP contribution in [0.5, 0.6) is 11.5 Å². The molecule has 19 heavy (non-hydrogen) atoms. The lowest BCUT2D eigenvalue weighted by molar-refractivity contribution is -0.134. The Hall–Kier alpha value is -1.84. The van der Waals surface area contributed by atoms with Crippen LogP contribution in [0.2, 0.25) is 0 Å². The molecule has 0 saturated heterocycles. The third kappa shape index (κ3) is 6.04. The number of hydrogen-bond donors (Lipinski definition) is 1. The molecule has 0 saturated carbocycles. The standard InChI is InChI=1S/C15H20O4/c1-2-3-4-5-6-7-15(18)19-14-11-9-12(16)8-10-13(14)17/h8-11,17H,2-7H2,1H3. The zero-order valence-corrected chi connectivity index (χ0v) is 11.2. The first-order valence-electron chi connectivity index (χ1n) is 6.67. The monoisotopic (exact) mass is 264 g/mol. The largest absolute Gasteiger partial charge is 0.504 e. The topological polar surface area (TPSA) is 63.6 Å². The van der Waals surface area contributed by atoms with E-state index in [0.717, 1.165) is 25.7 Å². The highest BCUT2D eigenvalue weighted by Gasteiger charge is 2.07. The Balaban J connectivity index is 2.45. The fraction of sp³-hybridized carbons (Fsp3) is 0.467. The minimum Gasteiger partial charge on any atom is -0.504 e. The number of esters is 1. The molecule has 0 aliphatic rings. The molecule has 0 aliphatic carbocycles. The third-order valence-electron chi connectivity index (χ3n) is 2.77. The molecule has 0 radical (unpaired) electrons. The molecule has 1 N–H and O–H groups in total. The number of unbranched alkanes of at least 4 members (excludes halogenated alkanes) is 4. The number of ether oxygens (including phenoxy) is 1. The van der Waals surface area contributed by atoms with Gasteiger partial charge >= 0.3 is 5.97 Å². The quantitative estimate of drug-likeness (QED) is 0.607. The van der Waals surface area contributed by atoms with Gasteiger partial charge in [-0.2, -0.15) is 0 Å². The molecule has 0 amide bonds. The molecule has 0 fully saturated rings. The normalized spacial score (nSPS) is 10.2. The molecule has 0 bridgehead atoms. The second-order valence-corrected chi connectivity index (χ2v) is 4.46. The van der Waals surface area contributed by atoms with Crippen molar-refractivity contribution in [3.05, 3.63) is 34.5 Å². The average Bonchev–Trinajstić information content (AvgIpc) is 2.54. The predicted octanol–water partition coefficient (Wildman–Crippen LogP) is 3.02. The van der Waals surface area contributed by atoms with E-state index in [4.69, 9.17) is 4.74 Å². The van der Waals surface area contributed by atoms with Gasteiger partial charge in [0.15, 0.2) is 16.9 Å². The first-order valence-corrected chi connectivity index (χ1v) is 6.67. The summed E-state index contributed by atoms with van der Waals surface area (Å²) in [6, 6.07) is 5.01. The summed E-state index contributed by atoms with van der Waals surface area (Å²) in [6.45, 7) is 2.14. The Bertz CT molecular complexity index is 468. The summed E-state index contributed by atoms with van der Waals surface area (Å²) < 4.78 is 5.04. The SMILES string of the molecule is CCCCCCCC(=O)Oc1ccc(=O)ccc1O. The van der Waals surface area contributed by atoms with E-state index in [1.807, 2.05) is 0 Å². The van der Waals surface area contributed by atoms with Gasteiger partial charge in [-0.3, -0.25) is 9.59 Å². The number of carbonyl (C=O) groups is 1. The van der Waals surface area contributed by atoms with Crippen LogP contribution in [0, 0.1) is 0 Å². The first-order chi connectivity index (χ1) is 9.13. The number of hydrogen-bond acceptors (Lipinski definition) is 4. The summed E-state index contributed by atoms with van der Waals surface area (Å²) in [5, 5.41) is 9.57. The minimum atomic E-state index is -0.384.